The van der Waals surface area contributed by atoms with Crippen molar-refractivity contribution in [3.05, 3.63) is 29.8 Å². The van der Waals surface area contributed by atoms with E-state index in [-0.39, 0.29) is 22.8 Å². The third-order valence-corrected chi connectivity index (χ3v) is 4.04. The number of carboxylic acid groups (broad SMARTS) is 1. The first-order valence-electron chi connectivity index (χ1n) is 5.60. The van der Waals surface area contributed by atoms with Gasteiger partial charge in [0.05, 0.1) is 36.0 Å². The molecule has 1 aromatic rings. The van der Waals surface area contributed by atoms with Crippen LogP contribution in [-0.2, 0) is 19.3 Å². The van der Waals surface area contributed by atoms with E-state index in [4.69, 9.17) is 14.6 Å². The molecule has 0 saturated heterocycles. The number of carboxylic acids is 1. The molecule has 0 radical (unpaired) electrons. The highest BCUT2D eigenvalue weighted by Crippen LogP contribution is 2.13. The van der Waals surface area contributed by atoms with Crippen molar-refractivity contribution < 1.29 is 27.8 Å². The maximum atomic E-state index is 11.9. The normalized spacial score (nSPS) is 11.4. The van der Waals surface area contributed by atoms with E-state index in [1.54, 1.807) is 0 Å². The van der Waals surface area contributed by atoms with Gasteiger partial charge in [0, 0.05) is 7.11 Å². The Hall–Kier alpha value is -1.44. The van der Waals surface area contributed by atoms with Gasteiger partial charge in [-0.3, -0.25) is 0 Å². The quantitative estimate of drug-likeness (QED) is 0.712. The van der Waals surface area contributed by atoms with Crippen LogP contribution in [0.3, 0.4) is 0 Å². The molecule has 0 aliphatic carbocycles. The summed E-state index contributed by atoms with van der Waals surface area (Å²) in [7, 11) is -2.01. The lowest BCUT2D eigenvalue weighted by molar-refractivity contribution is 0.0696. The van der Waals surface area contributed by atoms with Gasteiger partial charge in [0.15, 0.2) is 9.84 Å². The van der Waals surface area contributed by atoms with Crippen molar-refractivity contribution in [3.63, 3.8) is 0 Å². The molecule has 0 aliphatic rings. The number of methoxy groups -OCH3 is 1. The Morgan fingerprint density at radius 1 is 1.26 bits per heavy atom. The third kappa shape index (κ3) is 4.98. The maximum Gasteiger partial charge on any atom is 0.335 e. The Morgan fingerprint density at radius 3 is 2.63 bits per heavy atom. The summed E-state index contributed by atoms with van der Waals surface area (Å²) < 4.78 is 33.7. The van der Waals surface area contributed by atoms with Crippen molar-refractivity contribution in [2.75, 3.05) is 32.7 Å². The second kappa shape index (κ2) is 7.22. The molecule has 6 nitrogen and oxygen atoms in total. The van der Waals surface area contributed by atoms with Crippen molar-refractivity contribution in [3.8, 4) is 0 Å². The first-order valence-corrected chi connectivity index (χ1v) is 7.25. The van der Waals surface area contributed by atoms with Gasteiger partial charge in [-0.15, -0.1) is 0 Å². The van der Waals surface area contributed by atoms with Crippen LogP contribution in [-0.4, -0.2) is 52.2 Å². The highest BCUT2D eigenvalue weighted by atomic mass is 32.2. The zero-order chi connectivity index (χ0) is 14.3. The number of hydrogen-bond donors (Lipinski definition) is 1. The Kier molecular flexibility index (Phi) is 5.94. The minimum atomic E-state index is -3.53. The van der Waals surface area contributed by atoms with Crippen LogP contribution in [0.5, 0.6) is 0 Å². The van der Waals surface area contributed by atoms with Crippen LogP contribution in [0.15, 0.2) is 29.2 Å². The first kappa shape index (κ1) is 15.6. The second-order valence-corrected chi connectivity index (χ2v) is 5.87. The number of ether oxygens (including phenoxy) is 2. The predicted octanol–water partition coefficient (Wildman–Crippen LogP) is 0.822. The number of sulfone groups is 1. The molecule has 0 saturated carbocycles. The average Bonchev–Trinajstić information content (AvgIpc) is 2.38. The Morgan fingerprint density at radius 2 is 2.00 bits per heavy atom. The standard InChI is InChI=1S/C12H16O6S/c1-17-5-6-18-7-8-19(15,16)11-4-2-3-10(9-11)12(13)14/h2-4,9H,5-8H2,1H3,(H,13,14). The third-order valence-electron chi connectivity index (χ3n) is 2.37. The fraction of sp³-hybridized carbons (Fsp3) is 0.417. The van der Waals surface area contributed by atoms with Crippen LogP contribution < -0.4 is 0 Å². The molecule has 0 fully saturated rings. The SMILES string of the molecule is COCCOCCS(=O)(=O)c1cccc(C(=O)O)c1. The molecule has 0 aliphatic heterocycles. The fourth-order valence-electron chi connectivity index (χ4n) is 1.35. The average molecular weight is 288 g/mol. The molecular formula is C12H16O6S. The van der Waals surface area contributed by atoms with Gasteiger partial charge in [-0.05, 0) is 18.2 Å². The van der Waals surface area contributed by atoms with Crippen LogP contribution >= 0.6 is 0 Å². The van der Waals surface area contributed by atoms with Crippen LogP contribution in [0.1, 0.15) is 10.4 Å². The molecule has 0 amide bonds. The second-order valence-electron chi connectivity index (χ2n) is 3.76. The van der Waals surface area contributed by atoms with Gasteiger partial charge in [0.2, 0.25) is 0 Å². The smallest absolute Gasteiger partial charge is 0.335 e. The number of hydrogen-bond acceptors (Lipinski definition) is 5. The van der Waals surface area contributed by atoms with E-state index in [0.717, 1.165) is 6.07 Å². The summed E-state index contributed by atoms with van der Waals surface area (Å²) in [6.07, 6.45) is 0. The number of carbonyl (C=O) groups is 1. The van der Waals surface area contributed by atoms with Crippen LogP contribution in [0.25, 0.3) is 0 Å². The van der Waals surface area contributed by atoms with E-state index in [1.165, 1.54) is 25.3 Å². The highest BCUT2D eigenvalue weighted by Gasteiger charge is 2.16. The fourth-order valence-corrected chi connectivity index (χ4v) is 2.52. The molecule has 0 bridgehead atoms. The Bertz CT molecular complexity index is 523. The molecule has 0 aromatic heterocycles. The highest BCUT2D eigenvalue weighted by molar-refractivity contribution is 7.91. The van der Waals surface area contributed by atoms with E-state index in [1.807, 2.05) is 0 Å². The van der Waals surface area contributed by atoms with E-state index < -0.39 is 15.8 Å². The van der Waals surface area contributed by atoms with Gasteiger partial charge < -0.3 is 14.6 Å². The van der Waals surface area contributed by atoms with Gasteiger partial charge in [-0.25, -0.2) is 13.2 Å². The molecular weight excluding hydrogens is 272 g/mol. The van der Waals surface area contributed by atoms with Crippen molar-refractivity contribution >= 4 is 15.8 Å². The number of aromatic carboxylic acids is 1. The molecule has 0 atom stereocenters. The van der Waals surface area contributed by atoms with Crippen molar-refractivity contribution in [2.45, 2.75) is 4.90 Å². The molecule has 1 aromatic carbocycles. The van der Waals surface area contributed by atoms with E-state index in [0.29, 0.717) is 13.2 Å². The van der Waals surface area contributed by atoms with Crippen LogP contribution in [0, 0.1) is 0 Å². The van der Waals surface area contributed by atoms with Crippen molar-refractivity contribution in [1.29, 1.82) is 0 Å². The van der Waals surface area contributed by atoms with Crippen molar-refractivity contribution in [1.82, 2.24) is 0 Å². The van der Waals surface area contributed by atoms with Crippen LogP contribution in [0.2, 0.25) is 0 Å². The van der Waals surface area contributed by atoms with Crippen LogP contribution in [0.4, 0.5) is 0 Å². The molecule has 0 spiro atoms. The summed E-state index contributed by atoms with van der Waals surface area (Å²) in [6, 6.07) is 5.27. The molecule has 19 heavy (non-hydrogen) atoms. The summed E-state index contributed by atoms with van der Waals surface area (Å²) in [5, 5.41) is 8.81. The van der Waals surface area contributed by atoms with Gasteiger partial charge in [0.25, 0.3) is 0 Å². The Balaban J connectivity index is 2.66. The zero-order valence-corrected chi connectivity index (χ0v) is 11.4. The molecule has 0 heterocycles. The molecule has 1 N–H and O–H groups in total. The lowest BCUT2D eigenvalue weighted by atomic mass is 10.2. The Labute approximate surface area is 111 Å². The summed E-state index contributed by atoms with van der Waals surface area (Å²) in [4.78, 5) is 10.8. The zero-order valence-electron chi connectivity index (χ0n) is 10.5. The first-order chi connectivity index (χ1) is 8.97. The summed E-state index contributed by atoms with van der Waals surface area (Å²) in [6.45, 7) is 0.763. The summed E-state index contributed by atoms with van der Waals surface area (Å²) >= 11 is 0. The van der Waals surface area contributed by atoms with E-state index in [2.05, 4.69) is 0 Å². The summed E-state index contributed by atoms with van der Waals surface area (Å²) in [5.41, 5.74) is -0.0543. The lowest BCUT2D eigenvalue weighted by Gasteiger charge is -2.06. The topological polar surface area (TPSA) is 89.9 Å². The summed E-state index contributed by atoms with van der Waals surface area (Å²) in [5.74, 6) is -1.35. The minimum Gasteiger partial charge on any atom is -0.478 e. The molecule has 106 valence electrons. The molecule has 0 unspecified atom stereocenters. The predicted molar refractivity (Wildman–Crippen MR) is 68.1 cm³/mol. The lowest BCUT2D eigenvalue weighted by Crippen LogP contribution is -2.14. The maximum absolute atomic E-state index is 11.9. The monoisotopic (exact) mass is 288 g/mol. The number of benzene rings is 1. The van der Waals surface area contributed by atoms with E-state index >= 15 is 0 Å². The van der Waals surface area contributed by atoms with E-state index in [9.17, 15) is 13.2 Å². The minimum absolute atomic E-state index is 0.0114. The number of rotatable bonds is 8. The van der Waals surface area contributed by atoms with Gasteiger partial charge in [-0.2, -0.15) is 0 Å². The van der Waals surface area contributed by atoms with Gasteiger partial charge in [-0.1, -0.05) is 6.07 Å². The van der Waals surface area contributed by atoms with Gasteiger partial charge >= 0.3 is 5.97 Å². The molecule has 1 rings (SSSR count). The molecule has 7 heteroatoms. The van der Waals surface area contributed by atoms with Crippen molar-refractivity contribution in [2.24, 2.45) is 0 Å². The largest absolute Gasteiger partial charge is 0.478 e. The van der Waals surface area contributed by atoms with Gasteiger partial charge in [0.1, 0.15) is 0 Å².